The number of hydrogen-bond acceptors (Lipinski definition) is 0. The molecule has 1 saturated carbocycles. The van der Waals surface area contributed by atoms with Gasteiger partial charge in [0.2, 0.25) is 0 Å². The Morgan fingerprint density at radius 3 is 2.60 bits per heavy atom. The van der Waals surface area contributed by atoms with E-state index in [0.717, 1.165) is 12.8 Å². The molecule has 2 rings (SSSR count). The zero-order valence-corrected chi connectivity index (χ0v) is 13.2. The van der Waals surface area contributed by atoms with Crippen molar-refractivity contribution in [2.45, 2.75) is 51.8 Å². The highest BCUT2D eigenvalue weighted by atomic mass is 35.5. The van der Waals surface area contributed by atoms with Gasteiger partial charge in [-0.1, -0.05) is 39.3 Å². The Labute approximate surface area is 125 Å². The van der Waals surface area contributed by atoms with Gasteiger partial charge in [0, 0.05) is 5.38 Å². The Bertz CT molecular complexity index is 470. The Balaban J connectivity index is 2.16. The standard InChI is InChI=1S/C17H23ClF2/c1-11-7-8-13(14(18)9-11)17(2,3)10-12-5-4-6-15(19)16(12)20/h4-6,11,13-14H,7-10H2,1-3H3. The summed E-state index contributed by atoms with van der Waals surface area (Å²) in [6, 6.07) is 4.41. The van der Waals surface area contributed by atoms with Gasteiger partial charge in [-0.3, -0.25) is 0 Å². The normalized spacial score (nSPS) is 27.6. The Kier molecular flexibility index (Phi) is 4.73. The van der Waals surface area contributed by atoms with Gasteiger partial charge in [0.1, 0.15) is 0 Å². The molecule has 0 spiro atoms. The fourth-order valence-corrected chi connectivity index (χ4v) is 4.27. The van der Waals surface area contributed by atoms with Crippen molar-refractivity contribution >= 4 is 11.6 Å². The molecule has 0 heterocycles. The first kappa shape index (κ1) is 15.8. The second-order valence-electron chi connectivity index (χ2n) is 6.92. The van der Waals surface area contributed by atoms with E-state index in [1.165, 1.54) is 12.5 Å². The van der Waals surface area contributed by atoms with Crippen LogP contribution in [-0.4, -0.2) is 5.38 Å². The maximum atomic E-state index is 13.9. The van der Waals surface area contributed by atoms with Gasteiger partial charge in [0.25, 0.3) is 0 Å². The minimum absolute atomic E-state index is 0.124. The highest BCUT2D eigenvalue weighted by molar-refractivity contribution is 6.20. The predicted octanol–water partition coefficient (Wildman–Crippen LogP) is 5.58. The number of alkyl halides is 1. The fraction of sp³-hybridized carbons (Fsp3) is 0.647. The molecule has 1 fully saturated rings. The summed E-state index contributed by atoms with van der Waals surface area (Å²) in [6.45, 7) is 6.46. The predicted molar refractivity (Wildman–Crippen MR) is 80.0 cm³/mol. The summed E-state index contributed by atoms with van der Waals surface area (Å²) in [5.74, 6) is -0.465. The van der Waals surface area contributed by atoms with Crippen LogP contribution in [-0.2, 0) is 6.42 Å². The molecule has 3 heteroatoms. The van der Waals surface area contributed by atoms with E-state index < -0.39 is 11.6 Å². The zero-order chi connectivity index (χ0) is 14.9. The maximum Gasteiger partial charge on any atom is 0.162 e. The molecule has 0 amide bonds. The smallest absolute Gasteiger partial charge is 0.162 e. The second-order valence-corrected chi connectivity index (χ2v) is 7.48. The third-order valence-electron chi connectivity index (χ3n) is 4.72. The minimum Gasteiger partial charge on any atom is -0.204 e. The van der Waals surface area contributed by atoms with Crippen LogP contribution in [0.1, 0.15) is 45.6 Å². The number of hydrogen-bond donors (Lipinski definition) is 0. The lowest BCUT2D eigenvalue weighted by Gasteiger charge is -2.42. The molecule has 20 heavy (non-hydrogen) atoms. The molecular formula is C17H23ClF2. The minimum atomic E-state index is -0.766. The third kappa shape index (κ3) is 3.33. The average molecular weight is 301 g/mol. The summed E-state index contributed by atoms with van der Waals surface area (Å²) in [6.07, 6.45) is 3.78. The van der Waals surface area contributed by atoms with E-state index in [0.29, 0.717) is 23.8 Å². The van der Waals surface area contributed by atoms with Crippen LogP contribution in [0, 0.1) is 28.9 Å². The summed E-state index contributed by atoms with van der Waals surface area (Å²) in [5.41, 5.74) is 0.332. The van der Waals surface area contributed by atoms with E-state index in [4.69, 9.17) is 11.6 Å². The molecule has 1 aliphatic carbocycles. The molecule has 112 valence electrons. The zero-order valence-electron chi connectivity index (χ0n) is 12.4. The van der Waals surface area contributed by atoms with Gasteiger partial charge in [0.15, 0.2) is 11.6 Å². The largest absolute Gasteiger partial charge is 0.204 e. The molecule has 1 aromatic rings. The van der Waals surface area contributed by atoms with Crippen LogP contribution in [0.3, 0.4) is 0 Å². The quantitative estimate of drug-likeness (QED) is 0.639. The highest BCUT2D eigenvalue weighted by Gasteiger charge is 2.38. The lowest BCUT2D eigenvalue weighted by Crippen LogP contribution is -2.37. The van der Waals surface area contributed by atoms with Gasteiger partial charge < -0.3 is 0 Å². The van der Waals surface area contributed by atoms with E-state index in [1.54, 1.807) is 12.1 Å². The van der Waals surface area contributed by atoms with Gasteiger partial charge in [0.05, 0.1) is 0 Å². The van der Waals surface area contributed by atoms with Gasteiger partial charge in [-0.2, -0.15) is 0 Å². The van der Waals surface area contributed by atoms with Gasteiger partial charge in [-0.05, 0) is 48.1 Å². The van der Waals surface area contributed by atoms with Gasteiger partial charge in [-0.25, -0.2) is 8.78 Å². The van der Waals surface area contributed by atoms with Crippen molar-refractivity contribution in [1.29, 1.82) is 0 Å². The number of rotatable bonds is 3. The number of halogens is 3. The van der Waals surface area contributed by atoms with Crippen molar-refractivity contribution in [3.05, 3.63) is 35.4 Å². The first-order valence-corrected chi connectivity index (χ1v) is 7.82. The second kappa shape index (κ2) is 6.01. The van der Waals surface area contributed by atoms with Crippen LogP contribution < -0.4 is 0 Å². The van der Waals surface area contributed by atoms with Gasteiger partial charge >= 0.3 is 0 Å². The Hall–Kier alpha value is -0.630. The molecule has 1 aliphatic rings. The van der Waals surface area contributed by atoms with E-state index >= 15 is 0 Å². The van der Waals surface area contributed by atoms with Crippen LogP contribution in [0.2, 0.25) is 0 Å². The van der Waals surface area contributed by atoms with Crippen molar-refractivity contribution in [2.24, 2.45) is 17.3 Å². The lowest BCUT2D eigenvalue weighted by molar-refractivity contribution is 0.140. The maximum absolute atomic E-state index is 13.9. The summed E-state index contributed by atoms with van der Waals surface area (Å²) >= 11 is 6.53. The van der Waals surface area contributed by atoms with Crippen LogP contribution in [0.15, 0.2) is 18.2 Å². The summed E-state index contributed by atoms with van der Waals surface area (Å²) in [5, 5.41) is 0.130. The van der Waals surface area contributed by atoms with Crippen LogP contribution in [0.25, 0.3) is 0 Å². The molecule has 0 N–H and O–H groups in total. The molecule has 0 nitrogen and oxygen atoms in total. The van der Waals surface area contributed by atoms with Crippen molar-refractivity contribution in [3.63, 3.8) is 0 Å². The lowest BCUT2D eigenvalue weighted by atomic mass is 9.66. The van der Waals surface area contributed by atoms with E-state index in [9.17, 15) is 8.78 Å². The molecule has 0 bridgehead atoms. The SMILES string of the molecule is CC1CCC(C(C)(C)Cc2cccc(F)c2F)C(Cl)C1. The van der Waals surface area contributed by atoms with Crippen molar-refractivity contribution in [2.75, 3.05) is 0 Å². The summed E-state index contributed by atoms with van der Waals surface area (Å²) < 4.78 is 27.2. The van der Waals surface area contributed by atoms with Crippen molar-refractivity contribution < 1.29 is 8.78 Å². The van der Waals surface area contributed by atoms with E-state index in [1.807, 2.05) is 0 Å². The molecule has 1 aromatic carbocycles. The van der Waals surface area contributed by atoms with Crippen LogP contribution in [0.5, 0.6) is 0 Å². The number of benzene rings is 1. The Morgan fingerprint density at radius 1 is 1.25 bits per heavy atom. The molecule has 0 aromatic heterocycles. The summed E-state index contributed by atoms with van der Waals surface area (Å²) in [4.78, 5) is 0. The molecule has 0 saturated heterocycles. The molecule has 3 unspecified atom stereocenters. The van der Waals surface area contributed by atoms with E-state index in [2.05, 4.69) is 20.8 Å². The van der Waals surface area contributed by atoms with Crippen LogP contribution >= 0.6 is 11.6 Å². The molecule has 0 radical (unpaired) electrons. The van der Waals surface area contributed by atoms with Crippen molar-refractivity contribution in [1.82, 2.24) is 0 Å². The monoisotopic (exact) mass is 300 g/mol. The van der Waals surface area contributed by atoms with Gasteiger partial charge in [-0.15, -0.1) is 11.6 Å². The molecular weight excluding hydrogens is 278 g/mol. The van der Waals surface area contributed by atoms with E-state index in [-0.39, 0.29) is 10.8 Å². The molecule has 3 atom stereocenters. The van der Waals surface area contributed by atoms with Crippen LogP contribution in [0.4, 0.5) is 8.78 Å². The average Bonchev–Trinajstić information content (AvgIpc) is 2.34. The molecule has 0 aliphatic heterocycles. The highest BCUT2D eigenvalue weighted by Crippen LogP contribution is 2.44. The van der Waals surface area contributed by atoms with Crippen molar-refractivity contribution in [3.8, 4) is 0 Å². The first-order chi connectivity index (χ1) is 9.31. The summed E-state index contributed by atoms with van der Waals surface area (Å²) in [7, 11) is 0. The topological polar surface area (TPSA) is 0 Å². The first-order valence-electron chi connectivity index (χ1n) is 7.38. The fourth-order valence-electron chi connectivity index (χ4n) is 3.50. The Morgan fingerprint density at radius 2 is 1.95 bits per heavy atom. The third-order valence-corrected chi connectivity index (χ3v) is 5.20.